The molecule has 7 heteroatoms. The molecule has 2 amide bonds. The van der Waals surface area contributed by atoms with Crippen LogP contribution in [0.3, 0.4) is 0 Å². The van der Waals surface area contributed by atoms with Gasteiger partial charge in [0.2, 0.25) is 0 Å². The van der Waals surface area contributed by atoms with Crippen LogP contribution in [0.4, 0.5) is 4.39 Å². The number of hydrogen-bond donors (Lipinski definition) is 2. The Labute approximate surface area is 163 Å². The van der Waals surface area contributed by atoms with E-state index in [0.29, 0.717) is 13.1 Å². The Morgan fingerprint density at radius 3 is 2.61 bits per heavy atom. The maximum atomic E-state index is 13.6. The van der Waals surface area contributed by atoms with Crippen LogP contribution in [0.1, 0.15) is 50.1 Å². The van der Waals surface area contributed by atoms with Crippen molar-refractivity contribution in [2.75, 3.05) is 13.1 Å². The van der Waals surface area contributed by atoms with Crippen LogP contribution in [-0.2, 0) is 9.59 Å². The fraction of sp³-hybridized carbons (Fsp3) is 0.476. The molecule has 0 unspecified atom stereocenters. The third-order valence-corrected chi connectivity index (χ3v) is 5.88. The van der Waals surface area contributed by atoms with Crippen LogP contribution in [0.25, 0.3) is 11.1 Å². The van der Waals surface area contributed by atoms with Gasteiger partial charge in [0.1, 0.15) is 5.82 Å². The van der Waals surface area contributed by atoms with E-state index in [1.807, 2.05) is 6.07 Å². The number of hydrogen-bond acceptors (Lipinski definition) is 3. The van der Waals surface area contributed by atoms with Crippen molar-refractivity contribution in [2.45, 2.75) is 50.5 Å². The average molecular weight is 384 g/mol. The molecule has 2 N–H and O–H groups in total. The maximum Gasteiger partial charge on any atom is 0.311 e. The molecule has 2 aromatic rings. The summed E-state index contributed by atoms with van der Waals surface area (Å²) in [6, 6.07) is 6.62. The van der Waals surface area contributed by atoms with E-state index in [4.69, 9.17) is 0 Å². The first-order chi connectivity index (χ1) is 13.6. The summed E-state index contributed by atoms with van der Waals surface area (Å²) < 4.78 is 13.6. The van der Waals surface area contributed by atoms with E-state index in [2.05, 4.69) is 15.5 Å². The smallest absolute Gasteiger partial charge is 0.311 e. The molecule has 0 radical (unpaired) electrons. The van der Waals surface area contributed by atoms with Gasteiger partial charge in [0.15, 0.2) is 0 Å². The molecule has 2 aliphatic rings. The molecule has 4 rings (SSSR count). The number of nitrogens with one attached hydrogen (secondary N) is 2. The van der Waals surface area contributed by atoms with Crippen LogP contribution in [0.5, 0.6) is 0 Å². The number of H-pyrrole nitrogens is 1. The predicted octanol–water partition coefficient (Wildman–Crippen LogP) is 2.98. The summed E-state index contributed by atoms with van der Waals surface area (Å²) in [7, 11) is 0. The fourth-order valence-corrected chi connectivity index (χ4v) is 4.33. The lowest BCUT2D eigenvalue weighted by atomic mass is 9.89. The Kier molecular flexibility index (Phi) is 5.41. The van der Waals surface area contributed by atoms with E-state index in [9.17, 15) is 14.0 Å². The van der Waals surface area contributed by atoms with E-state index >= 15 is 0 Å². The summed E-state index contributed by atoms with van der Waals surface area (Å²) in [4.78, 5) is 26.3. The average Bonchev–Trinajstić information content (AvgIpc) is 3.39. The highest BCUT2D eigenvalue weighted by atomic mass is 19.1. The first-order valence-corrected chi connectivity index (χ1v) is 10.0. The van der Waals surface area contributed by atoms with Crippen molar-refractivity contribution in [2.24, 2.45) is 0 Å². The lowest BCUT2D eigenvalue weighted by Crippen LogP contribution is -2.48. The first kappa shape index (κ1) is 18.7. The van der Waals surface area contributed by atoms with Gasteiger partial charge in [0.05, 0.1) is 6.20 Å². The lowest BCUT2D eigenvalue weighted by molar-refractivity contribution is -0.146. The van der Waals surface area contributed by atoms with Crippen LogP contribution < -0.4 is 5.32 Å². The van der Waals surface area contributed by atoms with Crippen LogP contribution in [0, 0.1) is 5.82 Å². The van der Waals surface area contributed by atoms with E-state index in [-0.39, 0.29) is 17.8 Å². The highest BCUT2D eigenvalue weighted by Crippen LogP contribution is 2.34. The van der Waals surface area contributed by atoms with Gasteiger partial charge in [-0.1, -0.05) is 25.0 Å². The van der Waals surface area contributed by atoms with Gasteiger partial charge in [-0.2, -0.15) is 5.10 Å². The Morgan fingerprint density at radius 1 is 1.14 bits per heavy atom. The second kappa shape index (κ2) is 8.12. The van der Waals surface area contributed by atoms with Crippen LogP contribution in [0.2, 0.25) is 0 Å². The maximum absolute atomic E-state index is 13.6. The highest BCUT2D eigenvalue weighted by Gasteiger charge is 2.30. The Hall–Kier alpha value is -2.70. The van der Waals surface area contributed by atoms with E-state index < -0.39 is 11.8 Å². The molecule has 2 fully saturated rings. The van der Waals surface area contributed by atoms with Gasteiger partial charge >= 0.3 is 11.8 Å². The molecule has 0 bridgehead atoms. The van der Waals surface area contributed by atoms with Crippen molar-refractivity contribution in [3.63, 3.8) is 0 Å². The number of benzene rings is 1. The van der Waals surface area contributed by atoms with Crippen molar-refractivity contribution in [1.29, 1.82) is 0 Å². The summed E-state index contributed by atoms with van der Waals surface area (Å²) >= 11 is 0. The lowest BCUT2D eigenvalue weighted by Gasteiger charge is -2.31. The standard InChI is InChI=1S/C21H25FN4O2/c22-16-5-3-4-15(12-16)18-13-23-25-19(18)14-8-10-26(11-9-14)21(28)20(27)24-17-6-1-2-7-17/h3-5,12-14,17H,1-2,6-11H2,(H,23,25)(H,24,27). The third kappa shape index (κ3) is 3.93. The van der Waals surface area contributed by atoms with Crippen molar-refractivity contribution in [3.8, 4) is 11.1 Å². The summed E-state index contributed by atoms with van der Waals surface area (Å²) in [5.74, 6) is -0.992. The number of aromatic nitrogens is 2. The van der Waals surface area contributed by atoms with E-state index in [0.717, 1.165) is 55.3 Å². The number of halogens is 1. The van der Waals surface area contributed by atoms with Crippen LogP contribution in [0.15, 0.2) is 30.5 Å². The molecule has 1 aromatic heterocycles. The second-order valence-corrected chi connectivity index (χ2v) is 7.73. The number of aromatic amines is 1. The molecule has 0 atom stereocenters. The van der Waals surface area contributed by atoms with Gasteiger partial charge in [-0.15, -0.1) is 0 Å². The number of rotatable bonds is 3. The molecule has 1 aliphatic heterocycles. The molecule has 28 heavy (non-hydrogen) atoms. The van der Waals surface area contributed by atoms with E-state index in [1.165, 1.54) is 12.1 Å². The van der Waals surface area contributed by atoms with Gasteiger partial charge in [-0.05, 0) is 43.4 Å². The van der Waals surface area contributed by atoms with Crippen molar-refractivity contribution < 1.29 is 14.0 Å². The van der Waals surface area contributed by atoms with Gasteiger partial charge in [-0.25, -0.2) is 4.39 Å². The Balaban J connectivity index is 1.38. The molecule has 1 saturated carbocycles. The Morgan fingerprint density at radius 2 is 1.89 bits per heavy atom. The number of likely N-dealkylation sites (tertiary alicyclic amines) is 1. The molecule has 1 aromatic carbocycles. The van der Waals surface area contributed by atoms with E-state index in [1.54, 1.807) is 17.2 Å². The Bertz CT molecular complexity index is 852. The fourth-order valence-electron chi connectivity index (χ4n) is 4.33. The predicted molar refractivity (Wildman–Crippen MR) is 103 cm³/mol. The van der Waals surface area contributed by atoms with Gasteiger partial charge < -0.3 is 10.2 Å². The summed E-state index contributed by atoms with van der Waals surface area (Å²) in [5, 5.41) is 10.1. The number of piperidine rings is 1. The molecule has 148 valence electrons. The zero-order valence-corrected chi connectivity index (χ0v) is 15.8. The molecule has 6 nitrogen and oxygen atoms in total. The number of carbonyl (C=O) groups is 2. The van der Waals surface area contributed by atoms with Crippen molar-refractivity contribution in [3.05, 3.63) is 42.0 Å². The molecule has 2 heterocycles. The number of carbonyl (C=O) groups excluding carboxylic acids is 2. The normalized spacial score (nSPS) is 18.4. The van der Waals surface area contributed by atoms with Crippen LogP contribution in [-0.4, -0.2) is 46.0 Å². The monoisotopic (exact) mass is 384 g/mol. The quantitative estimate of drug-likeness (QED) is 0.799. The molecule has 1 aliphatic carbocycles. The van der Waals surface area contributed by atoms with Gasteiger partial charge in [-0.3, -0.25) is 14.7 Å². The minimum Gasteiger partial charge on any atom is -0.345 e. The minimum absolute atomic E-state index is 0.146. The van der Waals surface area contributed by atoms with Crippen molar-refractivity contribution in [1.82, 2.24) is 20.4 Å². The third-order valence-electron chi connectivity index (χ3n) is 5.88. The largest absolute Gasteiger partial charge is 0.345 e. The van der Waals surface area contributed by atoms with Crippen LogP contribution >= 0.6 is 0 Å². The van der Waals surface area contributed by atoms with Crippen molar-refractivity contribution >= 4 is 11.8 Å². The molecular formula is C21H25FN4O2. The summed E-state index contributed by atoms with van der Waals surface area (Å²) in [6.45, 7) is 1.06. The molecular weight excluding hydrogens is 359 g/mol. The van der Waals surface area contributed by atoms with Gasteiger partial charge in [0.25, 0.3) is 0 Å². The highest BCUT2D eigenvalue weighted by molar-refractivity contribution is 6.35. The number of amides is 2. The SMILES string of the molecule is O=C(NC1CCCC1)C(=O)N1CCC(c2[nH]ncc2-c2cccc(F)c2)CC1. The zero-order valence-electron chi connectivity index (χ0n) is 15.8. The summed E-state index contributed by atoms with van der Waals surface area (Å²) in [5.41, 5.74) is 2.65. The number of nitrogens with zero attached hydrogens (tertiary/aromatic N) is 2. The first-order valence-electron chi connectivity index (χ1n) is 10.0. The second-order valence-electron chi connectivity index (χ2n) is 7.73. The summed E-state index contributed by atoms with van der Waals surface area (Å²) in [6.07, 6.45) is 7.36. The molecule has 0 spiro atoms. The molecule has 1 saturated heterocycles. The zero-order chi connectivity index (χ0) is 19.5. The minimum atomic E-state index is -0.479. The topological polar surface area (TPSA) is 78.1 Å². The van der Waals surface area contributed by atoms with Gasteiger partial charge in [0, 0.05) is 36.3 Å².